The van der Waals surface area contributed by atoms with Gasteiger partial charge >= 0.3 is 0 Å². The highest BCUT2D eigenvalue weighted by Gasteiger charge is 2.40. The summed E-state index contributed by atoms with van der Waals surface area (Å²) in [6.45, 7) is 0. The average Bonchev–Trinajstić information content (AvgIpc) is 2.36. The van der Waals surface area contributed by atoms with Crippen molar-refractivity contribution in [3.63, 3.8) is 0 Å². The van der Waals surface area contributed by atoms with Crippen LogP contribution in [0.25, 0.3) is 0 Å². The van der Waals surface area contributed by atoms with Gasteiger partial charge in [-0.2, -0.15) is 0 Å². The van der Waals surface area contributed by atoms with E-state index in [1.54, 1.807) is 0 Å². The molecule has 12 heavy (non-hydrogen) atoms. The molecule has 1 nitrogen and oxygen atoms in total. The van der Waals surface area contributed by atoms with Crippen LogP contribution in [0, 0.1) is 11.8 Å². The molecule has 3 rings (SSSR count). The SMILES string of the molecule is C1CC(C2CCC3CCC2N3)C1. The minimum Gasteiger partial charge on any atom is -0.311 e. The van der Waals surface area contributed by atoms with E-state index in [0.717, 1.165) is 23.9 Å². The first-order chi connectivity index (χ1) is 5.93. The third-order valence-corrected chi connectivity index (χ3v) is 4.40. The number of piperidine rings is 1. The van der Waals surface area contributed by atoms with Crippen LogP contribution in [0.5, 0.6) is 0 Å². The van der Waals surface area contributed by atoms with Crippen molar-refractivity contribution in [1.82, 2.24) is 5.32 Å². The molecule has 0 amide bonds. The standard InChI is InChI=1S/C11H19N/c1-2-8(3-1)10-6-4-9-5-7-11(10)12-9/h8-12H,1-7H2. The molecule has 0 aromatic rings. The zero-order valence-electron chi connectivity index (χ0n) is 7.76. The number of rotatable bonds is 1. The smallest absolute Gasteiger partial charge is 0.0101 e. The Bertz CT molecular complexity index is 174. The zero-order chi connectivity index (χ0) is 7.97. The van der Waals surface area contributed by atoms with Crippen LogP contribution in [0.15, 0.2) is 0 Å². The maximum atomic E-state index is 3.79. The quantitative estimate of drug-likeness (QED) is 0.628. The highest BCUT2D eigenvalue weighted by atomic mass is 15.0. The molecule has 3 unspecified atom stereocenters. The molecular formula is C11H19N. The number of hydrogen-bond donors (Lipinski definition) is 1. The van der Waals surface area contributed by atoms with Gasteiger partial charge in [-0.15, -0.1) is 0 Å². The highest BCUT2D eigenvalue weighted by Crippen LogP contribution is 2.43. The van der Waals surface area contributed by atoms with E-state index in [4.69, 9.17) is 0 Å². The van der Waals surface area contributed by atoms with Gasteiger partial charge in [-0.25, -0.2) is 0 Å². The fourth-order valence-corrected chi connectivity index (χ4v) is 3.44. The molecule has 0 aromatic carbocycles. The molecule has 2 saturated heterocycles. The van der Waals surface area contributed by atoms with Gasteiger partial charge in [-0.05, 0) is 37.5 Å². The molecule has 1 heteroatoms. The van der Waals surface area contributed by atoms with E-state index < -0.39 is 0 Å². The van der Waals surface area contributed by atoms with E-state index in [1.165, 1.54) is 44.9 Å². The zero-order valence-corrected chi connectivity index (χ0v) is 7.76. The Morgan fingerprint density at radius 1 is 0.833 bits per heavy atom. The van der Waals surface area contributed by atoms with E-state index in [2.05, 4.69) is 5.32 Å². The number of fused-ring (bicyclic) bond motifs is 2. The lowest BCUT2D eigenvalue weighted by Crippen LogP contribution is -2.44. The Balaban J connectivity index is 1.69. The first-order valence-corrected chi connectivity index (χ1v) is 5.69. The molecule has 0 radical (unpaired) electrons. The molecular weight excluding hydrogens is 146 g/mol. The Morgan fingerprint density at radius 3 is 2.42 bits per heavy atom. The Labute approximate surface area is 74.9 Å². The summed E-state index contributed by atoms with van der Waals surface area (Å²) in [5.74, 6) is 2.18. The highest BCUT2D eigenvalue weighted by molar-refractivity contribution is 4.97. The lowest BCUT2D eigenvalue weighted by atomic mass is 9.70. The van der Waals surface area contributed by atoms with Crippen LogP contribution in [-0.2, 0) is 0 Å². The monoisotopic (exact) mass is 165 g/mol. The second-order valence-electron chi connectivity index (χ2n) is 4.98. The molecule has 1 aliphatic carbocycles. The van der Waals surface area contributed by atoms with Gasteiger partial charge in [0.05, 0.1) is 0 Å². The average molecular weight is 165 g/mol. The second-order valence-corrected chi connectivity index (χ2v) is 4.98. The van der Waals surface area contributed by atoms with Gasteiger partial charge < -0.3 is 5.32 Å². The predicted octanol–water partition coefficient (Wildman–Crippen LogP) is 2.32. The van der Waals surface area contributed by atoms with Crippen molar-refractivity contribution < 1.29 is 0 Å². The minimum atomic E-state index is 0.909. The topological polar surface area (TPSA) is 12.0 Å². The third kappa shape index (κ3) is 1.02. The third-order valence-electron chi connectivity index (χ3n) is 4.40. The molecule has 2 heterocycles. The molecule has 0 spiro atoms. The van der Waals surface area contributed by atoms with Crippen LogP contribution in [0.1, 0.15) is 44.9 Å². The van der Waals surface area contributed by atoms with Crippen LogP contribution in [0.3, 0.4) is 0 Å². The Morgan fingerprint density at radius 2 is 1.67 bits per heavy atom. The molecule has 2 aliphatic heterocycles. The lowest BCUT2D eigenvalue weighted by Gasteiger charge is -2.40. The van der Waals surface area contributed by atoms with Gasteiger partial charge in [-0.1, -0.05) is 19.3 Å². The number of nitrogens with one attached hydrogen (secondary N) is 1. The number of hydrogen-bond acceptors (Lipinski definition) is 1. The van der Waals surface area contributed by atoms with Gasteiger partial charge in [-0.3, -0.25) is 0 Å². The van der Waals surface area contributed by atoms with E-state index >= 15 is 0 Å². The molecule has 1 N–H and O–H groups in total. The maximum absolute atomic E-state index is 3.79. The van der Waals surface area contributed by atoms with Crippen molar-refractivity contribution in [2.75, 3.05) is 0 Å². The van der Waals surface area contributed by atoms with Crippen molar-refractivity contribution in [2.24, 2.45) is 11.8 Å². The van der Waals surface area contributed by atoms with Crippen LogP contribution in [0.2, 0.25) is 0 Å². The summed E-state index contributed by atoms with van der Waals surface area (Å²) in [6, 6.07) is 1.83. The molecule has 3 atom stereocenters. The van der Waals surface area contributed by atoms with E-state index in [0.29, 0.717) is 0 Å². The molecule has 0 aromatic heterocycles. The molecule has 2 bridgehead atoms. The summed E-state index contributed by atoms with van der Waals surface area (Å²) in [5.41, 5.74) is 0. The first-order valence-electron chi connectivity index (χ1n) is 5.69. The summed E-state index contributed by atoms with van der Waals surface area (Å²) >= 11 is 0. The van der Waals surface area contributed by atoms with Gasteiger partial charge in [0.2, 0.25) is 0 Å². The fourth-order valence-electron chi connectivity index (χ4n) is 3.44. The van der Waals surface area contributed by atoms with Crippen molar-refractivity contribution in [2.45, 2.75) is 57.0 Å². The van der Waals surface area contributed by atoms with Gasteiger partial charge in [0.25, 0.3) is 0 Å². The van der Waals surface area contributed by atoms with E-state index in [9.17, 15) is 0 Å². The molecule has 3 fully saturated rings. The van der Waals surface area contributed by atoms with Crippen LogP contribution < -0.4 is 5.32 Å². The van der Waals surface area contributed by atoms with Crippen molar-refractivity contribution in [3.8, 4) is 0 Å². The summed E-state index contributed by atoms with van der Waals surface area (Å²) in [4.78, 5) is 0. The summed E-state index contributed by atoms with van der Waals surface area (Å²) in [5, 5.41) is 3.79. The normalized spacial score (nSPS) is 47.5. The van der Waals surface area contributed by atoms with Crippen LogP contribution >= 0.6 is 0 Å². The molecule has 68 valence electrons. The summed E-state index contributed by atoms with van der Waals surface area (Å²) < 4.78 is 0. The van der Waals surface area contributed by atoms with Crippen LogP contribution in [0.4, 0.5) is 0 Å². The molecule has 3 aliphatic rings. The largest absolute Gasteiger partial charge is 0.311 e. The second kappa shape index (κ2) is 2.73. The van der Waals surface area contributed by atoms with Crippen molar-refractivity contribution in [3.05, 3.63) is 0 Å². The predicted molar refractivity (Wildman–Crippen MR) is 50.0 cm³/mol. The van der Waals surface area contributed by atoms with E-state index in [-0.39, 0.29) is 0 Å². The molecule has 1 saturated carbocycles. The summed E-state index contributed by atoms with van der Waals surface area (Å²) in [6.07, 6.45) is 10.5. The summed E-state index contributed by atoms with van der Waals surface area (Å²) in [7, 11) is 0. The van der Waals surface area contributed by atoms with Crippen LogP contribution in [-0.4, -0.2) is 12.1 Å². The minimum absolute atomic E-state index is 0.909. The van der Waals surface area contributed by atoms with E-state index in [1.807, 2.05) is 0 Å². The first kappa shape index (κ1) is 7.37. The van der Waals surface area contributed by atoms with Gasteiger partial charge in [0, 0.05) is 12.1 Å². The Kier molecular flexibility index (Phi) is 1.68. The van der Waals surface area contributed by atoms with Crippen molar-refractivity contribution in [1.29, 1.82) is 0 Å². The lowest BCUT2D eigenvalue weighted by molar-refractivity contribution is 0.135. The van der Waals surface area contributed by atoms with Gasteiger partial charge in [0.15, 0.2) is 0 Å². The Hall–Kier alpha value is -0.0400. The van der Waals surface area contributed by atoms with Gasteiger partial charge in [0.1, 0.15) is 0 Å². The van der Waals surface area contributed by atoms with Crippen molar-refractivity contribution >= 4 is 0 Å². The maximum Gasteiger partial charge on any atom is 0.0101 e. The fraction of sp³-hybridized carbons (Fsp3) is 1.00.